The smallest absolute Gasteiger partial charge is 0.335 e. The third-order valence-corrected chi connectivity index (χ3v) is 4.13. The van der Waals surface area contributed by atoms with Crippen molar-refractivity contribution in [2.24, 2.45) is 0 Å². The number of nitrogens with zero attached hydrogens (tertiary/aromatic N) is 1. The van der Waals surface area contributed by atoms with Gasteiger partial charge < -0.3 is 15.4 Å². The normalized spacial score (nSPS) is 11.5. The Labute approximate surface area is 120 Å². The van der Waals surface area contributed by atoms with Gasteiger partial charge in [-0.2, -0.15) is 0 Å². The molecular weight excluding hydrogens is 298 g/mol. The first kappa shape index (κ1) is 15.0. The van der Waals surface area contributed by atoms with Crippen molar-refractivity contribution in [2.45, 2.75) is 18.4 Å². The number of carboxylic acids is 1. The van der Waals surface area contributed by atoms with E-state index in [1.54, 1.807) is 13.0 Å². The molecule has 2 aromatic rings. The lowest BCUT2D eigenvalue weighted by Crippen LogP contribution is -2.24. The Kier molecular flexibility index (Phi) is 3.96. The van der Waals surface area contributed by atoms with E-state index in [0.717, 1.165) is 12.1 Å². The zero-order chi connectivity index (χ0) is 15.6. The van der Waals surface area contributed by atoms with E-state index in [2.05, 4.69) is 9.88 Å². The second-order valence-electron chi connectivity index (χ2n) is 4.32. The average molecular weight is 311 g/mol. The standard InChI is InChI=1S/C12H13N3O5S/c1-7-4-9(20-15-7)6-14-21(18,19)11-3-2-8(12(16)17)5-10(11)13/h2-5,14H,6,13H2,1H3,(H,16,17). The Balaban J connectivity index is 2.21. The van der Waals surface area contributed by atoms with E-state index in [4.69, 9.17) is 15.4 Å². The predicted octanol–water partition coefficient (Wildman–Crippen LogP) is 0.742. The van der Waals surface area contributed by atoms with Gasteiger partial charge in [0, 0.05) is 6.07 Å². The number of anilines is 1. The number of benzene rings is 1. The van der Waals surface area contributed by atoms with E-state index in [1.165, 1.54) is 6.07 Å². The predicted molar refractivity (Wildman–Crippen MR) is 73.1 cm³/mol. The van der Waals surface area contributed by atoms with Gasteiger partial charge in [-0.25, -0.2) is 17.9 Å². The van der Waals surface area contributed by atoms with Gasteiger partial charge in [-0.1, -0.05) is 5.16 Å². The number of nitrogen functional groups attached to an aromatic ring is 1. The largest absolute Gasteiger partial charge is 0.478 e. The molecule has 0 aliphatic rings. The van der Waals surface area contributed by atoms with Crippen LogP contribution in [0.15, 0.2) is 33.7 Å². The SMILES string of the molecule is Cc1cc(CNS(=O)(=O)c2ccc(C(=O)O)cc2N)on1. The van der Waals surface area contributed by atoms with Crippen LogP contribution in [0.1, 0.15) is 21.8 Å². The molecule has 2 rings (SSSR count). The Hall–Kier alpha value is -2.39. The second kappa shape index (κ2) is 5.54. The molecule has 9 heteroatoms. The van der Waals surface area contributed by atoms with Crippen LogP contribution < -0.4 is 10.5 Å². The van der Waals surface area contributed by atoms with Gasteiger partial charge in [0.25, 0.3) is 0 Å². The summed E-state index contributed by atoms with van der Waals surface area (Å²) in [4.78, 5) is 10.6. The van der Waals surface area contributed by atoms with E-state index >= 15 is 0 Å². The lowest BCUT2D eigenvalue weighted by molar-refractivity contribution is 0.0697. The molecule has 8 nitrogen and oxygen atoms in total. The van der Waals surface area contributed by atoms with Crippen molar-refractivity contribution in [1.82, 2.24) is 9.88 Å². The maximum Gasteiger partial charge on any atom is 0.335 e. The molecule has 1 aromatic heterocycles. The van der Waals surface area contributed by atoms with Crippen molar-refractivity contribution in [3.8, 4) is 0 Å². The first-order valence-electron chi connectivity index (χ1n) is 5.84. The van der Waals surface area contributed by atoms with Gasteiger partial charge in [-0.05, 0) is 25.1 Å². The van der Waals surface area contributed by atoms with Crippen molar-refractivity contribution >= 4 is 21.7 Å². The lowest BCUT2D eigenvalue weighted by atomic mass is 10.2. The van der Waals surface area contributed by atoms with E-state index in [-0.39, 0.29) is 22.7 Å². The van der Waals surface area contributed by atoms with Crippen molar-refractivity contribution in [3.63, 3.8) is 0 Å². The minimum atomic E-state index is -3.88. The lowest BCUT2D eigenvalue weighted by Gasteiger charge is -2.08. The fraction of sp³-hybridized carbons (Fsp3) is 0.167. The summed E-state index contributed by atoms with van der Waals surface area (Å²) in [6, 6.07) is 5.01. The fourth-order valence-electron chi connectivity index (χ4n) is 1.67. The summed E-state index contributed by atoms with van der Waals surface area (Å²) < 4.78 is 31.4. The van der Waals surface area contributed by atoms with Gasteiger partial charge in [0.1, 0.15) is 4.90 Å². The maximum absolute atomic E-state index is 12.1. The molecule has 1 heterocycles. The number of hydrogen-bond donors (Lipinski definition) is 3. The van der Waals surface area contributed by atoms with Gasteiger partial charge in [0.15, 0.2) is 5.76 Å². The molecule has 1 aromatic carbocycles. The maximum atomic E-state index is 12.1. The number of carboxylic acid groups (broad SMARTS) is 1. The summed E-state index contributed by atoms with van der Waals surface area (Å²) in [5.41, 5.74) is 6.01. The first-order chi connectivity index (χ1) is 9.79. The molecule has 0 saturated heterocycles. The Bertz CT molecular complexity index is 782. The number of nitrogens with one attached hydrogen (secondary N) is 1. The van der Waals surface area contributed by atoms with E-state index in [9.17, 15) is 13.2 Å². The van der Waals surface area contributed by atoms with Crippen LogP contribution in [0.25, 0.3) is 0 Å². The number of carbonyl (C=O) groups is 1. The van der Waals surface area contributed by atoms with Crippen LogP contribution in [-0.2, 0) is 16.6 Å². The highest BCUT2D eigenvalue weighted by Gasteiger charge is 2.19. The topological polar surface area (TPSA) is 136 Å². The van der Waals surface area contributed by atoms with Crippen LogP contribution in [0, 0.1) is 6.92 Å². The highest BCUT2D eigenvalue weighted by atomic mass is 32.2. The molecule has 0 fully saturated rings. The van der Waals surface area contributed by atoms with Gasteiger partial charge in [0.2, 0.25) is 10.0 Å². The molecule has 0 spiro atoms. The van der Waals surface area contributed by atoms with Crippen LogP contribution in [0.4, 0.5) is 5.69 Å². The highest BCUT2D eigenvalue weighted by molar-refractivity contribution is 7.89. The number of nitrogens with two attached hydrogens (primary N) is 1. The summed E-state index contributed by atoms with van der Waals surface area (Å²) in [5.74, 6) is -0.826. The van der Waals surface area contributed by atoms with Crippen molar-refractivity contribution < 1.29 is 22.8 Å². The number of aromatic carboxylic acids is 1. The summed E-state index contributed by atoms with van der Waals surface area (Å²) in [6.45, 7) is 1.63. The molecule has 0 bridgehead atoms. The molecule has 0 aliphatic heterocycles. The minimum absolute atomic E-state index is 0.0801. The number of aromatic nitrogens is 1. The molecule has 0 saturated carbocycles. The molecule has 0 aliphatic carbocycles. The zero-order valence-corrected chi connectivity index (χ0v) is 11.8. The molecule has 112 valence electrons. The van der Waals surface area contributed by atoms with Crippen molar-refractivity contribution in [3.05, 3.63) is 41.3 Å². The summed E-state index contributed by atoms with van der Waals surface area (Å²) in [7, 11) is -3.88. The average Bonchev–Trinajstić information content (AvgIpc) is 2.82. The number of hydrogen-bond acceptors (Lipinski definition) is 6. The monoisotopic (exact) mass is 311 g/mol. The van der Waals surface area contributed by atoms with E-state index in [0.29, 0.717) is 11.5 Å². The minimum Gasteiger partial charge on any atom is -0.478 e. The van der Waals surface area contributed by atoms with Crippen LogP contribution >= 0.6 is 0 Å². The number of aryl methyl sites for hydroxylation is 1. The van der Waals surface area contributed by atoms with Gasteiger partial charge in [-0.3, -0.25) is 0 Å². The number of rotatable bonds is 5. The third-order valence-electron chi connectivity index (χ3n) is 2.66. The Morgan fingerprint density at radius 1 is 1.43 bits per heavy atom. The van der Waals surface area contributed by atoms with Crippen LogP contribution in [0.3, 0.4) is 0 Å². The summed E-state index contributed by atoms with van der Waals surface area (Å²) >= 11 is 0. The molecular formula is C12H13N3O5S. The molecule has 0 radical (unpaired) electrons. The highest BCUT2D eigenvalue weighted by Crippen LogP contribution is 2.20. The molecule has 0 unspecified atom stereocenters. The van der Waals surface area contributed by atoms with Gasteiger partial charge in [0.05, 0.1) is 23.5 Å². The van der Waals surface area contributed by atoms with Crippen LogP contribution in [-0.4, -0.2) is 24.7 Å². The van der Waals surface area contributed by atoms with E-state index in [1.807, 2.05) is 0 Å². The fourth-order valence-corrected chi connectivity index (χ4v) is 2.77. The van der Waals surface area contributed by atoms with Gasteiger partial charge >= 0.3 is 5.97 Å². The van der Waals surface area contributed by atoms with E-state index < -0.39 is 16.0 Å². The molecule has 0 atom stereocenters. The molecule has 0 amide bonds. The molecule has 4 N–H and O–H groups in total. The van der Waals surface area contributed by atoms with Crippen LogP contribution in [0.5, 0.6) is 0 Å². The summed E-state index contributed by atoms with van der Waals surface area (Å²) in [6.07, 6.45) is 0. The Morgan fingerprint density at radius 3 is 2.67 bits per heavy atom. The van der Waals surface area contributed by atoms with Crippen LogP contribution in [0.2, 0.25) is 0 Å². The third kappa shape index (κ3) is 3.38. The molecule has 21 heavy (non-hydrogen) atoms. The van der Waals surface area contributed by atoms with Gasteiger partial charge in [-0.15, -0.1) is 0 Å². The quantitative estimate of drug-likeness (QED) is 0.693. The zero-order valence-electron chi connectivity index (χ0n) is 11.0. The van der Waals surface area contributed by atoms with Crippen molar-refractivity contribution in [2.75, 3.05) is 5.73 Å². The number of sulfonamides is 1. The summed E-state index contributed by atoms with van der Waals surface area (Å²) in [5, 5.41) is 12.5. The Morgan fingerprint density at radius 2 is 2.14 bits per heavy atom. The second-order valence-corrected chi connectivity index (χ2v) is 6.05. The van der Waals surface area contributed by atoms with Crippen molar-refractivity contribution in [1.29, 1.82) is 0 Å². The first-order valence-corrected chi connectivity index (χ1v) is 7.32.